The van der Waals surface area contributed by atoms with Gasteiger partial charge in [-0.2, -0.15) is 0 Å². The van der Waals surface area contributed by atoms with E-state index in [4.69, 9.17) is 18.5 Å². The van der Waals surface area contributed by atoms with Crippen molar-refractivity contribution in [1.82, 2.24) is 0 Å². The number of phosphoric ester groups is 1. The normalized spacial score (nSPS) is 13.8. The Labute approximate surface area is 531 Å². The van der Waals surface area contributed by atoms with E-state index in [9.17, 15) is 19.0 Å². The predicted molar refractivity (Wildman–Crippen MR) is 371 cm³/mol. The fourth-order valence-electron chi connectivity index (χ4n) is 9.86. The highest BCUT2D eigenvalue weighted by Gasteiger charge is 2.27. The Bertz CT molecular complexity index is 1820. The standard InChI is InChI=1S/C76H134NO8P/c1-6-8-10-12-14-16-18-20-22-24-26-28-30-31-32-33-34-35-36-37-38-39-40-41-42-43-44-45-47-48-50-52-54-56-58-60-62-64-66-68-75(78)82-72-74(73-84-86(80,81)83-71-70-77(3,4)5)85-76(79)69-67-65-63-61-59-57-55-53-51-49-46-29-27-25-23-21-19-17-15-13-11-9-7-2/h9,11,15,17-18,20-21,23-24,26-27,29,49,51,55,57,61,63,74H,6-8,10,12-14,16,19,22,25,28,30-48,50,52-54,56,58-60,62,64-73H2,1-5H3/p+1/b11-9-,17-15-,20-18-,23-21-,26-24-,29-27-,51-49-,57-55-,63-61-. The lowest BCUT2D eigenvalue weighted by molar-refractivity contribution is -0.870. The number of likely N-dealkylation sites (N-methyl/N-ethyl adjacent to an activating group) is 1. The summed E-state index contributed by atoms with van der Waals surface area (Å²) in [4.78, 5) is 35.8. The Morgan fingerprint density at radius 1 is 0.372 bits per heavy atom. The topological polar surface area (TPSA) is 108 Å². The molecule has 0 fully saturated rings. The maximum absolute atomic E-state index is 12.8. The number of carbonyl (C=O) groups excluding carboxylic acids is 2. The van der Waals surface area contributed by atoms with Crippen LogP contribution in [0.15, 0.2) is 109 Å². The molecule has 86 heavy (non-hydrogen) atoms. The first-order valence-electron chi connectivity index (χ1n) is 35.6. The molecule has 0 aromatic heterocycles. The van der Waals surface area contributed by atoms with Crippen LogP contribution >= 0.6 is 7.82 Å². The van der Waals surface area contributed by atoms with Crippen molar-refractivity contribution in [3.05, 3.63) is 109 Å². The summed E-state index contributed by atoms with van der Waals surface area (Å²) >= 11 is 0. The van der Waals surface area contributed by atoms with Crippen LogP contribution < -0.4 is 0 Å². The minimum Gasteiger partial charge on any atom is -0.462 e. The molecule has 1 N–H and O–H groups in total. The van der Waals surface area contributed by atoms with Crippen LogP contribution in [0, 0.1) is 0 Å². The number of quaternary nitrogens is 1. The Kier molecular flexibility index (Phi) is 63.5. The van der Waals surface area contributed by atoms with E-state index in [0.29, 0.717) is 23.9 Å². The van der Waals surface area contributed by atoms with Crippen LogP contribution in [-0.2, 0) is 32.7 Å². The van der Waals surface area contributed by atoms with Crippen LogP contribution in [0.2, 0.25) is 0 Å². The highest BCUT2D eigenvalue weighted by atomic mass is 31.2. The van der Waals surface area contributed by atoms with Crippen molar-refractivity contribution in [2.45, 2.75) is 315 Å². The Hall–Kier alpha value is -3.33. The van der Waals surface area contributed by atoms with Gasteiger partial charge in [0.2, 0.25) is 0 Å². The highest BCUT2D eigenvalue weighted by molar-refractivity contribution is 7.47. The van der Waals surface area contributed by atoms with Gasteiger partial charge in [-0.25, -0.2) is 4.57 Å². The van der Waals surface area contributed by atoms with Gasteiger partial charge in [-0.05, 0) is 96.3 Å². The maximum Gasteiger partial charge on any atom is 0.472 e. The second kappa shape index (κ2) is 66.1. The summed E-state index contributed by atoms with van der Waals surface area (Å²) in [5.74, 6) is -0.863. The molecule has 9 nitrogen and oxygen atoms in total. The number of unbranched alkanes of at least 4 members (excludes halogenated alkanes) is 33. The number of allylic oxidation sites excluding steroid dienone is 18. The monoisotopic (exact) mass is 1220 g/mol. The Morgan fingerprint density at radius 3 is 1.02 bits per heavy atom. The molecule has 0 rings (SSSR count). The van der Waals surface area contributed by atoms with E-state index in [2.05, 4.69) is 123 Å². The summed E-state index contributed by atoms with van der Waals surface area (Å²) in [7, 11) is 1.44. The summed E-state index contributed by atoms with van der Waals surface area (Å²) in [6, 6.07) is 0. The summed E-state index contributed by atoms with van der Waals surface area (Å²) in [5, 5.41) is 0. The van der Waals surface area contributed by atoms with Gasteiger partial charge in [0.05, 0.1) is 27.7 Å². The van der Waals surface area contributed by atoms with Gasteiger partial charge in [0.25, 0.3) is 0 Å². The van der Waals surface area contributed by atoms with Crippen molar-refractivity contribution in [1.29, 1.82) is 0 Å². The smallest absolute Gasteiger partial charge is 0.462 e. The molecular formula is C76H135NO8P+. The number of ether oxygens (including phenoxy) is 2. The van der Waals surface area contributed by atoms with Crippen molar-refractivity contribution in [2.75, 3.05) is 47.5 Å². The predicted octanol–water partition coefficient (Wildman–Crippen LogP) is 23.3. The summed E-state index contributed by atoms with van der Waals surface area (Å²) in [6.45, 7) is 4.26. The minimum atomic E-state index is -4.41. The van der Waals surface area contributed by atoms with E-state index in [1.165, 1.54) is 199 Å². The summed E-state index contributed by atoms with van der Waals surface area (Å²) < 4.78 is 34.6. The number of phosphoric acid groups is 1. The van der Waals surface area contributed by atoms with Gasteiger partial charge in [-0.3, -0.25) is 18.6 Å². The zero-order chi connectivity index (χ0) is 62.6. The van der Waals surface area contributed by atoms with E-state index >= 15 is 0 Å². The number of carbonyl (C=O) groups is 2. The maximum atomic E-state index is 12.8. The molecule has 0 aromatic carbocycles. The van der Waals surface area contributed by atoms with Gasteiger partial charge >= 0.3 is 19.8 Å². The van der Waals surface area contributed by atoms with Crippen LogP contribution in [0.25, 0.3) is 0 Å². The molecule has 2 unspecified atom stereocenters. The molecule has 10 heteroatoms. The fourth-order valence-corrected chi connectivity index (χ4v) is 10.6. The van der Waals surface area contributed by atoms with Crippen LogP contribution in [0.1, 0.15) is 309 Å². The largest absolute Gasteiger partial charge is 0.472 e. The van der Waals surface area contributed by atoms with Gasteiger partial charge in [-0.1, -0.05) is 309 Å². The third-order valence-corrected chi connectivity index (χ3v) is 16.3. The van der Waals surface area contributed by atoms with E-state index in [-0.39, 0.29) is 32.0 Å². The van der Waals surface area contributed by atoms with E-state index in [1.54, 1.807) is 0 Å². The highest BCUT2D eigenvalue weighted by Crippen LogP contribution is 2.43. The molecule has 2 atom stereocenters. The van der Waals surface area contributed by atoms with E-state index in [1.807, 2.05) is 21.1 Å². The van der Waals surface area contributed by atoms with Gasteiger partial charge in [0, 0.05) is 12.8 Å². The molecule has 0 aliphatic heterocycles. The number of rotatable bonds is 65. The lowest BCUT2D eigenvalue weighted by Gasteiger charge is -2.24. The van der Waals surface area contributed by atoms with E-state index in [0.717, 1.165) is 70.6 Å². The molecule has 0 amide bonds. The first-order chi connectivity index (χ1) is 42.0. The fraction of sp³-hybridized carbons (Fsp3) is 0.737. The summed E-state index contributed by atoms with van der Waals surface area (Å²) in [6.07, 6.45) is 93.7. The molecule has 0 aliphatic rings. The molecule has 496 valence electrons. The second-order valence-electron chi connectivity index (χ2n) is 24.9. The average molecular weight is 1220 g/mol. The van der Waals surface area contributed by atoms with E-state index < -0.39 is 26.5 Å². The second-order valence-corrected chi connectivity index (χ2v) is 26.3. The zero-order valence-electron chi connectivity index (χ0n) is 56.5. The Balaban J connectivity index is 4.00. The van der Waals surface area contributed by atoms with Gasteiger partial charge in [0.15, 0.2) is 6.10 Å². The molecule has 0 saturated heterocycles. The lowest BCUT2D eigenvalue weighted by Crippen LogP contribution is -2.37. The van der Waals surface area contributed by atoms with Gasteiger partial charge in [-0.15, -0.1) is 0 Å². The van der Waals surface area contributed by atoms with Crippen molar-refractivity contribution in [3.63, 3.8) is 0 Å². The Morgan fingerprint density at radius 2 is 0.674 bits per heavy atom. The molecule has 0 radical (unpaired) electrons. The third-order valence-electron chi connectivity index (χ3n) is 15.3. The number of hydrogen-bond acceptors (Lipinski definition) is 7. The zero-order valence-corrected chi connectivity index (χ0v) is 57.4. The average Bonchev–Trinajstić information content (AvgIpc) is 3.56. The molecule has 0 aromatic rings. The van der Waals surface area contributed by atoms with Crippen LogP contribution in [0.3, 0.4) is 0 Å². The number of esters is 2. The number of hydrogen-bond donors (Lipinski definition) is 1. The first kappa shape index (κ1) is 82.7. The van der Waals surface area contributed by atoms with Crippen LogP contribution in [0.5, 0.6) is 0 Å². The molecule has 0 heterocycles. The van der Waals surface area contributed by atoms with Crippen molar-refractivity contribution >= 4 is 19.8 Å². The van der Waals surface area contributed by atoms with Crippen molar-refractivity contribution in [2.24, 2.45) is 0 Å². The van der Waals surface area contributed by atoms with Crippen LogP contribution in [0.4, 0.5) is 0 Å². The van der Waals surface area contributed by atoms with Gasteiger partial charge < -0.3 is 18.9 Å². The van der Waals surface area contributed by atoms with Crippen molar-refractivity contribution in [3.8, 4) is 0 Å². The molecule has 0 spiro atoms. The first-order valence-corrected chi connectivity index (χ1v) is 37.1. The minimum absolute atomic E-state index is 0.0168. The molecule has 0 saturated carbocycles. The molecule has 0 bridgehead atoms. The van der Waals surface area contributed by atoms with Gasteiger partial charge in [0.1, 0.15) is 19.8 Å². The van der Waals surface area contributed by atoms with Crippen LogP contribution in [-0.4, -0.2) is 74.9 Å². The molecular weight excluding hydrogens is 1090 g/mol. The molecule has 0 aliphatic carbocycles. The van der Waals surface area contributed by atoms with Crippen molar-refractivity contribution < 1.29 is 42.1 Å². The quantitative estimate of drug-likeness (QED) is 0.0211. The SMILES string of the molecule is CC/C=C\C/C=C\C/C=C\C/C=C\C/C=C\C/C=C\C/C=C\CCCC(=O)OC(COC(=O)CCCCCCCCCCCCCCCCCCCCCCCCCCCCC/C=C\C/C=C\CCCCCCC)COP(=O)(O)OCC[N+](C)(C)C. The lowest BCUT2D eigenvalue weighted by atomic mass is 10.0. The number of nitrogens with zero attached hydrogens (tertiary/aromatic N) is 1. The third kappa shape index (κ3) is 69.8. The summed E-state index contributed by atoms with van der Waals surface area (Å²) in [5.41, 5.74) is 0.